The number of nitrogens with two attached hydrogens (primary N) is 1. The Bertz CT molecular complexity index is 1030. The van der Waals surface area contributed by atoms with E-state index >= 15 is 0 Å². The van der Waals surface area contributed by atoms with Crippen LogP contribution in [-0.4, -0.2) is 74.8 Å². The van der Waals surface area contributed by atoms with Crippen molar-refractivity contribution in [3.8, 4) is 0 Å². The van der Waals surface area contributed by atoms with E-state index in [2.05, 4.69) is 22.0 Å². The molecule has 1 aromatic heterocycles. The largest absolute Gasteiger partial charge is 0.477 e. The molecule has 14 heteroatoms. The van der Waals surface area contributed by atoms with Gasteiger partial charge in [0.1, 0.15) is 36.0 Å². The first kappa shape index (κ1) is 23.3. The van der Waals surface area contributed by atoms with Crippen LogP contribution in [0, 0.1) is 0 Å². The summed E-state index contributed by atoms with van der Waals surface area (Å²) in [6.45, 7) is 4.51. The van der Waals surface area contributed by atoms with E-state index in [9.17, 15) is 24.3 Å². The van der Waals surface area contributed by atoms with Crippen LogP contribution in [0.1, 0.15) is 12.6 Å². The summed E-state index contributed by atoms with van der Waals surface area (Å²) in [6, 6.07) is -0.988. The number of hydrogen-bond donors (Lipinski definition) is 3. The number of nitrogen functional groups attached to an aromatic ring is 1. The predicted octanol–water partition coefficient (Wildman–Crippen LogP) is -0.0663. The monoisotopic (exact) mass is 481 g/mol. The highest BCUT2D eigenvalue weighted by molar-refractivity contribution is 8.00. The summed E-state index contributed by atoms with van der Waals surface area (Å²) in [5, 5.41) is 17.0. The van der Waals surface area contributed by atoms with Gasteiger partial charge >= 0.3 is 11.9 Å². The van der Waals surface area contributed by atoms with Crippen LogP contribution in [-0.2, 0) is 28.8 Å². The summed E-state index contributed by atoms with van der Waals surface area (Å²) < 4.78 is 4.89. The average Bonchev–Trinajstić information content (AvgIpc) is 3.18. The number of aliphatic carboxylic acids is 1. The number of ether oxygens (including phenoxy) is 1. The molecule has 4 N–H and O–H groups in total. The quantitative estimate of drug-likeness (QED) is 0.108. The number of nitrogens with one attached hydrogen (secondary N) is 1. The number of rotatable bonds is 9. The third-order valence-corrected chi connectivity index (χ3v) is 6.33. The van der Waals surface area contributed by atoms with Crippen LogP contribution < -0.4 is 11.1 Å². The number of carbonyl (C=O) groups is 4. The van der Waals surface area contributed by atoms with E-state index in [0.717, 1.165) is 16.2 Å². The van der Waals surface area contributed by atoms with Crippen molar-refractivity contribution in [1.29, 1.82) is 0 Å². The van der Waals surface area contributed by atoms with E-state index in [1.54, 1.807) is 0 Å². The van der Waals surface area contributed by atoms with Gasteiger partial charge < -0.3 is 25.7 Å². The molecule has 0 radical (unpaired) electrons. The maximum atomic E-state index is 12.8. The number of anilines is 1. The fourth-order valence-corrected chi connectivity index (χ4v) is 4.82. The molecule has 0 unspecified atom stereocenters. The van der Waals surface area contributed by atoms with E-state index in [-0.39, 0.29) is 41.2 Å². The summed E-state index contributed by atoms with van der Waals surface area (Å²) in [5.41, 5.74) is 5.66. The van der Waals surface area contributed by atoms with E-state index in [1.165, 1.54) is 30.1 Å². The van der Waals surface area contributed by atoms with Gasteiger partial charge in [-0.15, -0.1) is 23.1 Å². The molecule has 2 amide bonds. The fourth-order valence-electron chi connectivity index (χ4n) is 2.95. The number of thiazole rings is 1. The number of β-lactam (4-membered cyclic amide) rings is 1. The zero-order chi connectivity index (χ0) is 23.4. The number of carboxylic acids is 1. The van der Waals surface area contributed by atoms with Gasteiger partial charge in [0.25, 0.3) is 11.8 Å². The van der Waals surface area contributed by atoms with Crippen molar-refractivity contribution in [1.82, 2.24) is 15.2 Å². The molecule has 12 nitrogen and oxygen atoms in total. The minimum Gasteiger partial charge on any atom is -0.477 e. The normalized spacial score (nSPS) is 20.2. The number of amides is 2. The number of carbonyl (C=O) groups excluding carboxylic acids is 3. The fraction of sp³-hybridized carbons (Fsp3) is 0.333. The first-order valence-electron chi connectivity index (χ1n) is 9.11. The van der Waals surface area contributed by atoms with Gasteiger partial charge in [-0.25, -0.2) is 9.78 Å². The Morgan fingerprint density at radius 2 is 2.25 bits per heavy atom. The summed E-state index contributed by atoms with van der Waals surface area (Å²) in [4.78, 5) is 58.5. The highest BCUT2D eigenvalue weighted by Gasteiger charge is 2.54. The minimum absolute atomic E-state index is 0.0445. The molecule has 0 bridgehead atoms. The first-order valence-corrected chi connectivity index (χ1v) is 11.0. The molecule has 0 aromatic carbocycles. The number of esters is 1. The number of carboxylic acid groups (broad SMARTS) is 1. The summed E-state index contributed by atoms with van der Waals surface area (Å²) in [7, 11) is 0. The molecule has 2 atom stereocenters. The second-order valence-electron chi connectivity index (χ2n) is 6.49. The van der Waals surface area contributed by atoms with Crippen LogP contribution in [0.2, 0.25) is 0 Å². The first-order chi connectivity index (χ1) is 15.2. The molecule has 0 saturated carbocycles. The predicted molar refractivity (Wildman–Crippen MR) is 116 cm³/mol. The van der Waals surface area contributed by atoms with Crippen LogP contribution in [0.15, 0.2) is 34.5 Å². The average molecular weight is 482 g/mol. The number of thioether (sulfide) groups is 1. The van der Waals surface area contributed by atoms with E-state index in [4.69, 9.17) is 15.3 Å². The van der Waals surface area contributed by atoms with Crippen LogP contribution in [0.4, 0.5) is 5.13 Å². The van der Waals surface area contributed by atoms with Gasteiger partial charge in [-0.05, 0) is 0 Å². The van der Waals surface area contributed by atoms with Gasteiger partial charge in [0, 0.05) is 23.6 Å². The van der Waals surface area contributed by atoms with Crippen molar-refractivity contribution < 1.29 is 33.9 Å². The van der Waals surface area contributed by atoms with Crippen molar-refractivity contribution in [3.63, 3.8) is 0 Å². The van der Waals surface area contributed by atoms with Gasteiger partial charge in [-0.2, -0.15) is 0 Å². The standard InChI is InChI=1S/C18H19N5O7S2/c1-3-4-30-22-11(10-7-32-18(19)20-10)14(25)21-12-15(26)23-13(17(27)28)9(5-29-8(2)24)6-31-16(12)23/h3,7,12,16H,1,4-6H2,2H3,(H2,19,20)(H,21,25)(H,27,28)/b22-11-/t12-,16-/m1/s1. The smallest absolute Gasteiger partial charge is 0.352 e. The number of aromatic nitrogens is 1. The lowest BCUT2D eigenvalue weighted by Crippen LogP contribution is -2.71. The number of fused-ring (bicyclic) bond motifs is 1. The Labute approximate surface area is 190 Å². The van der Waals surface area contributed by atoms with Gasteiger partial charge in [0.15, 0.2) is 10.8 Å². The molecule has 1 aromatic rings. The summed E-state index contributed by atoms with van der Waals surface area (Å²) >= 11 is 2.34. The molecular formula is C18H19N5O7S2. The third kappa shape index (κ3) is 4.75. The Hall–Kier alpha value is -3.39. The van der Waals surface area contributed by atoms with Gasteiger partial charge in [0.05, 0.1) is 0 Å². The number of oxime groups is 1. The summed E-state index contributed by atoms with van der Waals surface area (Å²) in [5.74, 6) is -3.03. The molecule has 1 saturated heterocycles. The lowest BCUT2D eigenvalue weighted by molar-refractivity contribution is -0.150. The molecular weight excluding hydrogens is 462 g/mol. The molecule has 32 heavy (non-hydrogen) atoms. The zero-order valence-corrected chi connectivity index (χ0v) is 18.4. The summed E-state index contributed by atoms with van der Waals surface area (Å²) in [6.07, 6.45) is 1.44. The van der Waals surface area contributed by atoms with Crippen molar-refractivity contribution in [3.05, 3.63) is 35.0 Å². The lowest BCUT2D eigenvalue weighted by atomic mass is 10.0. The second kappa shape index (κ2) is 9.82. The SMILES string of the molecule is C=CCO/N=C(\C(=O)N[C@@H]1C(=O)N2C(C(=O)O)=C(COC(C)=O)CS[C@H]12)c1csc(N)n1. The van der Waals surface area contributed by atoms with Crippen molar-refractivity contribution >= 4 is 57.7 Å². The van der Waals surface area contributed by atoms with Crippen molar-refractivity contribution in [2.75, 3.05) is 24.7 Å². The molecule has 2 aliphatic heterocycles. The molecule has 170 valence electrons. The molecule has 1 fully saturated rings. The second-order valence-corrected chi connectivity index (χ2v) is 8.49. The van der Waals surface area contributed by atoms with Gasteiger partial charge in [0.2, 0.25) is 0 Å². The number of nitrogens with zero attached hydrogens (tertiary/aromatic N) is 3. The van der Waals surface area contributed by atoms with E-state index in [1.807, 2.05) is 0 Å². The number of hydrogen-bond acceptors (Lipinski definition) is 11. The molecule has 3 heterocycles. The lowest BCUT2D eigenvalue weighted by Gasteiger charge is -2.49. The Kier molecular flexibility index (Phi) is 7.15. The zero-order valence-electron chi connectivity index (χ0n) is 16.8. The van der Waals surface area contributed by atoms with E-state index < -0.39 is 35.2 Å². The molecule has 0 aliphatic carbocycles. The molecule has 0 spiro atoms. The maximum absolute atomic E-state index is 12.8. The highest BCUT2D eigenvalue weighted by Crippen LogP contribution is 2.40. The topological polar surface area (TPSA) is 174 Å². The van der Waals surface area contributed by atoms with Crippen LogP contribution >= 0.6 is 23.1 Å². The Morgan fingerprint density at radius 3 is 2.84 bits per heavy atom. The van der Waals surface area contributed by atoms with E-state index in [0.29, 0.717) is 5.57 Å². The molecule has 3 rings (SSSR count). The van der Waals surface area contributed by atoms with Crippen molar-refractivity contribution in [2.24, 2.45) is 5.16 Å². The minimum atomic E-state index is -1.33. The van der Waals surface area contributed by atoms with Crippen LogP contribution in [0.25, 0.3) is 0 Å². The van der Waals surface area contributed by atoms with Crippen LogP contribution in [0.3, 0.4) is 0 Å². The highest BCUT2D eigenvalue weighted by atomic mass is 32.2. The van der Waals surface area contributed by atoms with Gasteiger partial charge in [-0.3, -0.25) is 19.3 Å². The van der Waals surface area contributed by atoms with Gasteiger partial charge in [-0.1, -0.05) is 17.8 Å². The Morgan fingerprint density at radius 1 is 1.50 bits per heavy atom. The molecule has 2 aliphatic rings. The van der Waals surface area contributed by atoms with Crippen LogP contribution in [0.5, 0.6) is 0 Å². The Balaban J connectivity index is 1.78. The third-order valence-electron chi connectivity index (χ3n) is 4.31. The van der Waals surface area contributed by atoms with Crippen molar-refractivity contribution in [2.45, 2.75) is 18.3 Å². The maximum Gasteiger partial charge on any atom is 0.352 e.